The number of nitrogens with two attached hydrogens (primary N) is 1. The molecule has 0 bridgehead atoms. The van der Waals surface area contributed by atoms with Gasteiger partial charge in [0.1, 0.15) is 11.6 Å². The lowest BCUT2D eigenvalue weighted by Crippen LogP contribution is -2.27. The molecule has 82 valence electrons. The third-order valence-corrected chi connectivity index (χ3v) is 3.21. The van der Waals surface area contributed by atoms with E-state index in [1.807, 2.05) is 0 Å². The molecule has 1 aliphatic carbocycles. The molecule has 0 saturated heterocycles. The minimum Gasteiger partial charge on any atom is -0.496 e. The maximum Gasteiger partial charge on any atom is 0.123 e. The number of halogens is 1. The second kappa shape index (κ2) is 4.19. The Bertz CT molecular complexity index is 349. The fourth-order valence-electron chi connectivity index (χ4n) is 2.02. The second-order valence-electron chi connectivity index (χ2n) is 4.10. The van der Waals surface area contributed by atoms with Crippen LogP contribution < -0.4 is 10.5 Å². The van der Waals surface area contributed by atoms with Crippen molar-refractivity contribution in [3.63, 3.8) is 0 Å². The highest BCUT2D eigenvalue weighted by atomic mass is 19.1. The van der Waals surface area contributed by atoms with Gasteiger partial charge in [-0.2, -0.15) is 0 Å². The van der Waals surface area contributed by atoms with Gasteiger partial charge < -0.3 is 10.5 Å². The van der Waals surface area contributed by atoms with Crippen LogP contribution in [0, 0.1) is 11.7 Å². The zero-order chi connectivity index (χ0) is 10.8. The maximum absolute atomic E-state index is 13.1. The van der Waals surface area contributed by atoms with Gasteiger partial charge in [-0.25, -0.2) is 4.39 Å². The topological polar surface area (TPSA) is 35.2 Å². The summed E-state index contributed by atoms with van der Waals surface area (Å²) in [5.41, 5.74) is 6.89. The average Bonchev–Trinajstić information content (AvgIpc) is 2.15. The van der Waals surface area contributed by atoms with Crippen molar-refractivity contribution in [1.29, 1.82) is 0 Å². The zero-order valence-corrected chi connectivity index (χ0v) is 8.87. The smallest absolute Gasteiger partial charge is 0.123 e. The Kier molecular flexibility index (Phi) is 2.91. The molecule has 1 fully saturated rings. The highest BCUT2D eigenvalue weighted by Gasteiger charge is 2.27. The van der Waals surface area contributed by atoms with Crippen LogP contribution in [0.15, 0.2) is 18.2 Å². The van der Waals surface area contributed by atoms with Crippen molar-refractivity contribution >= 4 is 0 Å². The monoisotopic (exact) mass is 209 g/mol. The van der Waals surface area contributed by atoms with Gasteiger partial charge in [-0.1, -0.05) is 6.42 Å². The van der Waals surface area contributed by atoms with Crippen LogP contribution >= 0.6 is 0 Å². The van der Waals surface area contributed by atoms with Crippen LogP contribution in [0.25, 0.3) is 0 Å². The number of ether oxygens (including phenoxy) is 1. The Hall–Kier alpha value is -1.09. The van der Waals surface area contributed by atoms with E-state index < -0.39 is 0 Å². The van der Waals surface area contributed by atoms with E-state index in [-0.39, 0.29) is 11.9 Å². The first-order valence-electron chi connectivity index (χ1n) is 5.31. The summed E-state index contributed by atoms with van der Waals surface area (Å²) in [5, 5.41) is 0. The quantitative estimate of drug-likeness (QED) is 0.830. The fraction of sp³-hybridized carbons (Fsp3) is 0.500. The number of methoxy groups -OCH3 is 1. The van der Waals surface area contributed by atoms with Crippen LogP contribution in [0.3, 0.4) is 0 Å². The third kappa shape index (κ3) is 1.97. The molecular weight excluding hydrogens is 193 g/mol. The molecular formula is C12H16FNO. The third-order valence-electron chi connectivity index (χ3n) is 3.21. The molecule has 0 heterocycles. The van der Waals surface area contributed by atoms with Gasteiger partial charge in [0.2, 0.25) is 0 Å². The van der Waals surface area contributed by atoms with E-state index in [2.05, 4.69) is 0 Å². The molecule has 15 heavy (non-hydrogen) atoms. The van der Waals surface area contributed by atoms with Gasteiger partial charge in [-0.05, 0) is 37.0 Å². The summed E-state index contributed by atoms with van der Waals surface area (Å²) in [4.78, 5) is 0. The van der Waals surface area contributed by atoms with Crippen LogP contribution in [-0.4, -0.2) is 7.11 Å². The summed E-state index contributed by atoms with van der Waals surface area (Å²) in [6.45, 7) is 0. The highest BCUT2D eigenvalue weighted by Crippen LogP contribution is 2.39. The summed E-state index contributed by atoms with van der Waals surface area (Å²) in [6, 6.07) is 4.44. The molecule has 0 aromatic heterocycles. The molecule has 0 radical (unpaired) electrons. The normalized spacial score (nSPS) is 18.3. The molecule has 2 N–H and O–H groups in total. The SMILES string of the molecule is COc1ccc(F)cc1[C@@H](N)C1CCC1. The standard InChI is InChI=1S/C12H16FNO/c1-15-11-6-5-9(13)7-10(11)12(14)8-3-2-4-8/h5-8,12H,2-4,14H2,1H3/t12-/m0/s1. The van der Waals surface area contributed by atoms with Gasteiger partial charge in [-0.15, -0.1) is 0 Å². The Labute approximate surface area is 89.2 Å². The van der Waals surface area contributed by atoms with E-state index >= 15 is 0 Å². The molecule has 3 heteroatoms. The minimum atomic E-state index is -0.249. The number of hydrogen-bond donors (Lipinski definition) is 1. The first-order chi connectivity index (χ1) is 7.22. The van der Waals surface area contributed by atoms with Crippen molar-refractivity contribution in [3.05, 3.63) is 29.6 Å². The second-order valence-corrected chi connectivity index (χ2v) is 4.10. The van der Waals surface area contributed by atoms with Gasteiger partial charge in [0, 0.05) is 11.6 Å². The predicted octanol–water partition coefficient (Wildman–Crippen LogP) is 2.63. The molecule has 1 aliphatic rings. The van der Waals surface area contributed by atoms with Crippen molar-refractivity contribution in [2.45, 2.75) is 25.3 Å². The van der Waals surface area contributed by atoms with Crippen molar-refractivity contribution in [1.82, 2.24) is 0 Å². The molecule has 0 amide bonds. The first kappa shape index (κ1) is 10.4. The lowest BCUT2D eigenvalue weighted by atomic mass is 9.77. The Morgan fingerprint density at radius 1 is 1.47 bits per heavy atom. The lowest BCUT2D eigenvalue weighted by molar-refractivity contribution is 0.259. The van der Waals surface area contributed by atoms with Gasteiger partial charge >= 0.3 is 0 Å². The van der Waals surface area contributed by atoms with E-state index in [1.54, 1.807) is 13.2 Å². The van der Waals surface area contributed by atoms with E-state index in [0.717, 1.165) is 18.4 Å². The summed E-state index contributed by atoms with van der Waals surface area (Å²) in [7, 11) is 1.59. The van der Waals surface area contributed by atoms with Crippen LogP contribution in [-0.2, 0) is 0 Å². The van der Waals surface area contributed by atoms with Crippen LogP contribution in [0.1, 0.15) is 30.9 Å². The Morgan fingerprint density at radius 2 is 2.20 bits per heavy atom. The van der Waals surface area contributed by atoms with Gasteiger partial charge in [0.05, 0.1) is 7.11 Å². The van der Waals surface area contributed by atoms with Crippen LogP contribution in [0.5, 0.6) is 5.75 Å². The van der Waals surface area contributed by atoms with Gasteiger partial charge in [0.25, 0.3) is 0 Å². The molecule has 2 rings (SSSR count). The van der Waals surface area contributed by atoms with E-state index in [9.17, 15) is 4.39 Å². The molecule has 0 spiro atoms. The molecule has 1 atom stereocenters. The van der Waals surface area contributed by atoms with Crippen molar-refractivity contribution < 1.29 is 9.13 Å². The molecule has 1 aromatic carbocycles. The van der Waals surface area contributed by atoms with Crippen LogP contribution in [0.4, 0.5) is 4.39 Å². The molecule has 1 saturated carbocycles. The lowest BCUT2D eigenvalue weighted by Gasteiger charge is -2.32. The summed E-state index contributed by atoms with van der Waals surface area (Å²) >= 11 is 0. The van der Waals surface area contributed by atoms with Crippen molar-refractivity contribution in [3.8, 4) is 5.75 Å². The maximum atomic E-state index is 13.1. The number of hydrogen-bond acceptors (Lipinski definition) is 2. The van der Waals surface area contributed by atoms with Crippen molar-refractivity contribution in [2.75, 3.05) is 7.11 Å². The highest BCUT2D eigenvalue weighted by molar-refractivity contribution is 5.36. The van der Waals surface area contributed by atoms with E-state index in [4.69, 9.17) is 10.5 Å². The number of benzene rings is 1. The summed E-state index contributed by atoms with van der Waals surface area (Å²) in [6.07, 6.45) is 3.51. The minimum absolute atomic E-state index is 0.0931. The van der Waals surface area contributed by atoms with E-state index in [1.165, 1.54) is 18.6 Å². The molecule has 0 aliphatic heterocycles. The van der Waals surface area contributed by atoms with Crippen LogP contribution in [0.2, 0.25) is 0 Å². The average molecular weight is 209 g/mol. The first-order valence-corrected chi connectivity index (χ1v) is 5.31. The summed E-state index contributed by atoms with van der Waals surface area (Å²) in [5.74, 6) is 0.928. The molecule has 1 aromatic rings. The fourth-order valence-corrected chi connectivity index (χ4v) is 2.02. The Morgan fingerprint density at radius 3 is 2.73 bits per heavy atom. The predicted molar refractivity (Wildman–Crippen MR) is 57.2 cm³/mol. The Balaban J connectivity index is 2.27. The molecule has 0 unspecified atom stereocenters. The van der Waals surface area contributed by atoms with Gasteiger partial charge in [-0.3, -0.25) is 0 Å². The van der Waals surface area contributed by atoms with Crippen molar-refractivity contribution in [2.24, 2.45) is 11.7 Å². The zero-order valence-electron chi connectivity index (χ0n) is 8.87. The number of rotatable bonds is 3. The summed E-state index contributed by atoms with van der Waals surface area (Å²) < 4.78 is 18.3. The largest absolute Gasteiger partial charge is 0.496 e. The van der Waals surface area contributed by atoms with Gasteiger partial charge in [0.15, 0.2) is 0 Å². The van der Waals surface area contributed by atoms with E-state index in [0.29, 0.717) is 11.7 Å². The molecule has 2 nitrogen and oxygen atoms in total.